The molecule has 0 radical (unpaired) electrons. The molecule has 0 spiro atoms. The third-order valence-corrected chi connectivity index (χ3v) is 4.21. The maximum absolute atomic E-state index is 13.1. The first kappa shape index (κ1) is 13.8. The minimum Gasteiger partial charge on any atom is -0.286 e. The smallest absolute Gasteiger partial charge is 0.252 e. The van der Waals surface area contributed by atoms with Gasteiger partial charge in [0.15, 0.2) is 5.65 Å². The molecule has 0 aliphatic heterocycles. The molecular weight excluding hydrogens is 298 g/mol. The second-order valence-electron chi connectivity index (χ2n) is 5.82. The van der Waals surface area contributed by atoms with Crippen LogP contribution in [0.4, 0.5) is 8.78 Å². The van der Waals surface area contributed by atoms with E-state index in [1.165, 1.54) is 0 Å². The van der Waals surface area contributed by atoms with Crippen LogP contribution in [0.2, 0.25) is 0 Å². The molecule has 114 valence electrons. The Bertz CT molecular complexity index is 922. The van der Waals surface area contributed by atoms with E-state index < -0.39 is 11.8 Å². The van der Waals surface area contributed by atoms with Gasteiger partial charge in [-0.2, -0.15) is 5.26 Å². The zero-order chi connectivity index (χ0) is 16.0. The van der Waals surface area contributed by atoms with Crippen LogP contribution in [-0.4, -0.2) is 20.5 Å². The summed E-state index contributed by atoms with van der Waals surface area (Å²) in [5.41, 5.74) is 3.14. The molecule has 0 saturated heterocycles. The molecule has 4 nitrogen and oxygen atoms in total. The van der Waals surface area contributed by atoms with Crippen LogP contribution in [0, 0.1) is 17.2 Å². The van der Waals surface area contributed by atoms with E-state index in [2.05, 4.69) is 16.3 Å². The summed E-state index contributed by atoms with van der Waals surface area (Å²) in [5.74, 6) is -2.60. The molecule has 1 fully saturated rings. The van der Waals surface area contributed by atoms with Gasteiger partial charge in [0.2, 0.25) is 0 Å². The minimum absolute atomic E-state index is 0.0642. The fourth-order valence-corrected chi connectivity index (χ4v) is 2.71. The van der Waals surface area contributed by atoms with Gasteiger partial charge in [0.1, 0.15) is 5.82 Å². The van der Waals surface area contributed by atoms with Gasteiger partial charge >= 0.3 is 0 Å². The molecule has 0 amide bonds. The summed E-state index contributed by atoms with van der Waals surface area (Å²) in [6, 6.07) is 13.1. The maximum Gasteiger partial charge on any atom is 0.252 e. The lowest BCUT2D eigenvalue weighted by molar-refractivity contribution is 0.0984. The summed E-state index contributed by atoms with van der Waals surface area (Å²) in [6.07, 6.45) is 1.98. The Hall–Kier alpha value is -2.81. The van der Waals surface area contributed by atoms with Crippen molar-refractivity contribution in [2.75, 3.05) is 0 Å². The van der Waals surface area contributed by atoms with Gasteiger partial charge < -0.3 is 0 Å². The summed E-state index contributed by atoms with van der Waals surface area (Å²) >= 11 is 0. The number of nitriles is 1. The molecule has 23 heavy (non-hydrogen) atoms. The van der Waals surface area contributed by atoms with Crippen LogP contribution in [-0.2, 0) is 6.42 Å². The van der Waals surface area contributed by atoms with E-state index in [4.69, 9.17) is 5.26 Å². The van der Waals surface area contributed by atoms with Crippen LogP contribution in [0.5, 0.6) is 0 Å². The number of fused-ring (bicyclic) bond motifs is 1. The van der Waals surface area contributed by atoms with Crippen LogP contribution in [0.15, 0.2) is 42.6 Å². The molecular formula is C17H12F2N4. The highest BCUT2D eigenvalue weighted by molar-refractivity contribution is 5.67. The molecule has 6 heteroatoms. The molecule has 2 aromatic heterocycles. The summed E-state index contributed by atoms with van der Waals surface area (Å²) in [6.45, 7) is 0. The molecule has 2 heterocycles. The van der Waals surface area contributed by atoms with Crippen LogP contribution in [0.1, 0.15) is 17.8 Å². The third kappa shape index (κ3) is 2.44. The van der Waals surface area contributed by atoms with Crippen molar-refractivity contribution in [3.63, 3.8) is 0 Å². The second kappa shape index (κ2) is 4.85. The van der Waals surface area contributed by atoms with Gasteiger partial charge in [-0.15, -0.1) is 10.2 Å². The topological polar surface area (TPSA) is 54.0 Å². The fraction of sp³-hybridized carbons (Fsp3) is 0.235. The monoisotopic (exact) mass is 310 g/mol. The molecule has 1 aromatic carbocycles. The van der Waals surface area contributed by atoms with Crippen molar-refractivity contribution < 1.29 is 8.78 Å². The molecule has 1 aliphatic rings. The molecule has 0 N–H and O–H groups in total. The summed E-state index contributed by atoms with van der Waals surface area (Å²) in [5, 5.41) is 17.0. The lowest BCUT2D eigenvalue weighted by Gasteiger charge is -2.04. The molecule has 0 unspecified atom stereocenters. The van der Waals surface area contributed by atoms with Gasteiger partial charge in [-0.1, -0.05) is 12.1 Å². The van der Waals surface area contributed by atoms with E-state index in [9.17, 15) is 8.78 Å². The Morgan fingerprint density at radius 2 is 1.91 bits per heavy atom. The lowest BCUT2D eigenvalue weighted by atomic mass is 10.1. The van der Waals surface area contributed by atoms with E-state index in [0.29, 0.717) is 17.0 Å². The summed E-state index contributed by atoms with van der Waals surface area (Å²) < 4.78 is 27.9. The largest absolute Gasteiger partial charge is 0.286 e. The third-order valence-electron chi connectivity index (χ3n) is 4.21. The Balaban J connectivity index is 1.65. The number of nitrogens with zero attached hydrogens (tertiary/aromatic N) is 4. The molecule has 1 aliphatic carbocycles. The van der Waals surface area contributed by atoms with Crippen molar-refractivity contribution in [1.82, 2.24) is 14.6 Å². The first-order valence-corrected chi connectivity index (χ1v) is 7.29. The van der Waals surface area contributed by atoms with Gasteiger partial charge in [-0.05, 0) is 35.4 Å². The zero-order valence-corrected chi connectivity index (χ0v) is 12.1. The molecule has 4 rings (SSSR count). The fourth-order valence-electron chi connectivity index (χ4n) is 2.71. The van der Waals surface area contributed by atoms with Crippen molar-refractivity contribution in [3.05, 3.63) is 54.0 Å². The van der Waals surface area contributed by atoms with Gasteiger partial charge in [0, 0.05) is 25.0 Å². The molecule has 3 aromatic rings. The normalized spacial score (nSPS) is 18.7. The van der Waals surface area contributed by atoms with E-state index in [0.717, 1.165) is 11.1 Å². The number of rotatable bonds is 3. The van der Waals surface area contributed by atoms with Gasteiger partial charge in [-0.25, -0.2) is 8.78 Å². The van der Waals surface area contributed by atoms with E-state index >= 15 is 0 Å². The Labute approximate surface area is 131 Å². The van der Waals surface area contributed by atoms with Crippen LogP contribution in [0.25, 0.3) is 16.8 Å². The van der Waals surface area contributed by atoms with Crippen LogP contribution >= 0.6 is 0 Å². The first-order chi connectivity index (χ1) is 11.1. The van der Waals surface area contributed by atoms with Crippen LogP contribution < -0.4 is 0 Å². The predicted octanol–water partition coefficient (Wildman–Crippen LogP) is 3.47. The average molecular weight is 310 g/mol. The highest BCUT2D eigenvalue weighted by Crippen LogP contribution is 2.50. The number of hydrogen-bond donors (Lipinski definition) is 0. The second-order valence-corrected chi connectivity index (χ2v) is 5.82. The Kier molecular flexibility index (Phi) is 2.91. The van der Waals surface area contributed by atoms with Crippen molar-refractivity contribution in [2.45, 2.75) is 18.8 Å². The number of benzene rings is 1. The van der Waals surface area contributed by atoms with Crippen LogP contribution in [0.3, 0.4) is 0 Å². The number of alkyl halides is 2. The molecule has 1 atom stereocenters. The quantitative estimate of drug-likeness (QED) is 0.744. The summed E-state index contributed by atoms with van der Waals surface area (Å²) in [4.78, 5) is 0. The standard InChI is InChI=1S/C17H12F2N4/c18-17(19)9-14(17)8-16-22-21-15-7-13(5-6-23(15)16)12-3-1-11(10-20)2-4-12/h1-7,14H,8-9H2/t14-/m1/s1. The summed E-state index contributed by atoms with van der Waals surface area (Å²) in [7, 11) is 0. The maximum atomic E-state index is 13.1. The molecule has 1 saturated carbocycles. The Morgan fingerprint density at radius 1 is 1.17 bits per heavy atom. The van der Waals surface area contributed by atoms with Gasteiger partial charge in [-0.3, -0.25) is 4.40 Å². The van der Waals surface area contributed by atoms with E-state index in [1.807, 2.05) is 24.3 Å². The van der Waals surface area contributed by atoms with Gasteiger partial charge in [0.25, 0.3) is 5.92 Å². The SMILES string of the molecule is N#Cc1ccc(-c2ccn3c(C[C@@H]4CC4(F)F)nnc3c2)cc1. The zero-order valence-electron chi connectivity index (χ0n) is 12.1. The minimum atomic E-state index is -2.55. The number of halogens is 2. The predicted molar refractivity (Wildman–Crippen MR) is 79.9 cm³/mol. The molecule has 0 bridgehead atoms. The van der Waals surface area contributed by atoms with Crippen molar-refractivity contribution in [1.29, 1.82) is 5.26 Å². The Morgan fingerprint density at radius 3 is 2.57 bits per heavy atom. The lowest BCUT2D eigenvalue weighted by Crippen LogP contribution is -2.01. The van der Waals surface area contributed by atoms with Crippen molar-refractivity contribution in [3.8, 4) is 17.2 Å². The average Bonchev–Trinajstić information content (AvgIpc) is 2.98. The number of aromatic nitrogens is 3. The van der Waals surface area contributed by atoms with Gasteiger partial charge in [0.05, 0.1) is 11.6 Å². The number of hydrogen-bond acceptors (Lipinski definition) is 3. The van der Waals surface area contributed by atoms with Crippen molar-refractivity contribution in [2.24, 2.45) is 5.92 Å². The highest BCUT2D eigenvalue weighted by atomic mass is 19.3. The van der Waals surface area contributed by atoms with E-state index in [-0.39, 0.29) is 12.8 Å². The number of pyridine rings is 1. The van der Waals surface area contributed by atoms with Crippen molar-refractivity contribution >= 4 is 5.65 Å². The first-order valence-electron chi connectivity index (χ1n) is 7.29. The van der Waals surface area contributed by atoms with E-state index in [1.54, 1.807) is 22.7 Å². The highest BCUT2D eigenvalue weighted by Gasteiger charge is 2.56.